The van der Waals surface area contributed by atoms with Gasteiger partial charge in [-0.3, -0.25) is 9.59 Å². The third kappa shape index (κ3) is 6.43. The van der Waals surface area contributed by atoms with Gasteiger partial charge in [0.1, 0.15) is 5.03 Å². The quantitative estimate of drug-likeness (QED) is 0.492. The van der Waals surface area contributed by atoms with Crippen LogP contribution in [0, 0.1) is 0 Å². The number of benzene rings is 2. The van der Waals surface area contributed by atoms with Gasteiger partial charge in [-0.05, 0) is 42.5 Å². The summed E-state index contributed by atoms with van der Waals surface area (Å²) in [7, 11) is 0. The van der Waals surface area contributed by atoms with Gasteiger partial charge in [0, 0.05) is 5.56 Å². The first-order valence-corrected chi connectivity index (χ1v) is 10.1. The van der Waals surface area contributed by atoms with Gasteiger partial charge < -0.3 is 10.6 Å². The topological polar surface area (TPSA) is 84.0 Å². The van der Waals surface area contributed by atoms with Crippen molar-refractivity contribution in [3.8, 4) is 0 Å². The van der Waals surface area contributed by atoms with Crippen molar-refractivity contribution >= 4 is 46.7 Å². The van der Waals surface area contributed by atoms with Gasteiger partial charge in [-0.25, -0.2) is 0 Å². The summed E-state index contributed by atoms with van der Waals surface area (Å²) in [5, 5.41) is 13.1. The Morgan fingerprint density at radius 3 is 2.35 bits per heavy atom. The molecule has 0 fully saturated rings. The van der Waals surface area contributed by atoms with Gasteiger partial charge in [0.15, 0.2) is 5.82 Å². The zero-order valence-electron chi connectivity index (χ0n) is 15.6. The molecule has 6 nitrogen and oxygen atoms in total. The standard InChI is InChI=1S/C20H14ClF3N4O2S/c21-14-7-6-13(20(22,23)24)10-15(14)25-17(29)11-31-18-9-8-16(27-28-18)26-19(30)12-4-2-1-3-5-12/h1-10H,11H2,(H,25,29)(H,26,27,30). The first-order valence-electron chi connectivity index (χ1n) is 8.72. The Morgan fingerprint density at radius 1 is 0.968 bits per heavy atom. The predicted octanol–water partition coefficient (Wildman–Crippen LogP) is 5.13. The van der Waals surface area contributed by atoms with Gasteiger partial charge >= 0.3 is 6.18 Å². The van der Waals surface area contributed by atoms with Crippen molar-refractivity contribution in [3.63, 3.8) is 0 Å². The number of anilines is 2. The molecule has 0 aliphatic carbocycles. The molecular weight excluding hydrogens is 453 g/mol. The lowest BCUT2D eigenvalue weighted by Gasteiger charge is -2.11. The molecule has 0 unspecified atom stereocenters. The Bertz CT molecular complexity index is 1080. The fourth-order valence-corrected chi connectivity index (χ4v) is 3.14. The lowest BCUT2D eigenvalue weighted by molar-refractivity contribution is -0.137. The molecule has 0 aliphatic heterocycles. The van der Waals surface area contributed by atoms with Crippen LogP contribution in [0.2, 0.25) is 5.02 Å². The van der Waals surface area contributed by atoms with E-state index >= 15 is 0 Å². The third-order valence-corrected chi connectivity index (χ3v) is 5.09. The number of carbonyl (C=O) groups excluding carboxylic acids is 2. The number of aromatic nitrogens is 2. The monoisotopic (exact) mass is 466 g/mol. The Hall–Kier alpha value is -3.11. The van der Waals surface area contributed by atoms with Crippen LogP contribution in [0.25, 0.3) is 0 Å². The zero-order chi connectivity index (χ0) is 22.4. The maximum Gasteiger partial charge on any atom is 0.416 e. The Labute approximate surface area is 184 Å². The van der Waals surface area contributed by atoms with Crippen molar-refractivity contribution in [3.05, 3.63) is 76.8 Å². The highest BCUT2D eigenvalue weighted by Crippen LogP contribution is 2.33. The smallest absolute Gasteiger partial charge is 0.324 e. The van der Waals surface area contributed by atoms with Crippen LogP contribution in [0.5, 0.6) is 0 Å². The van der Waals surface area contributed by atoms with Crippen molar-refractivity contribution in [2.24, 2.45) is 0 Å². The summed E-state index contributed by atoms with van der Waals surface area (Å²) in [6.07, 6.45) is -4.55. The molecule has 0 bridgehead atoms. The number of amides is 2. The number of rotatable bonds is 6. The lowest BCUT2D eigenvalue weighted by atomic mass is 10.2. The average Bonchev–Trinajstić information content (AvgIpc) is 2.74. The molecule has 11 heteroatoms. The number of nitrogens with zero attached hydrogens (tertiary/aromatic N) is 2. The minimum absolute atomic E-state index is 0.00958. The first-order chi connectivity index (χ1) is 14.7. The summed E-state index contributed by atoms with van der Waals surface area (Å²) in [5.74, 6) is -0.794. The van der Waals surface area contributed by atoms with E-state index in [1.165, 1.54) is 6.07 Å². The van der Waals surface area contributed by atoms with E-state index in [-0.39, 0.29) is 28.2 Å². The normalized spacial score (nSPS) is 11.1. The van der Waals surface area contributed by atoms with Crippen LogP contribution in [0.3, 0.4) is 0 Å². The summed E-state index contributed by atoms with van der Waals surface area (Å²) in [4.78, 5) is 24.2. The molecule has 160 valence electrons. The number of hydrogen-bond acceptors (Lipinski definition) is 5. The molecule has 0 radical (unpaired) electrons. The van der Waals surface area contributed by atoms with E-state index in [0.717, 1.165) is 30.0 Å². The Morgan fingerprint density at radius 2 is 1.71 bits per heavy atom. The van der Waals surface area contributed by atoms with Crippen molar-refractivity contribution in [2.45, 2.75) is 11.2 Å². The van der Waals surface area contributed by atoms with Crippen molar-refractivity contribution in [2.75, 3.05) is 16.4 Å². The van der Waals surface area contributed by atoms with E-state index in [2.05, 4.69) is 20.8 Å². The number of nitrogens with one attached hydrogen (secondary N) is 2. The van der Waals surface area contributed by atoms with E-state index < -0.39 is 17.6 Å². The molecule has 0 spiro atoms. The van der Waals surface area contributed by atoms with Crippen molar-refractivity contribution < 1.29 is 22.8 Å². The molecule has 0 atom stereocenters. The molecule has 0 aliphatic rings. The van der Waals surface area contributed by atoms with E-state index in [1.807, 2.05) is 0 Å². The summed E-state index contributed by atoms with van der Waals surface area (Å²) >= 11 is 6.89. The zero-order valence-corrected chi connectivity index (χ0v) is 17.2. The number of hydrogen-bond donors (Lipinski definition) is 2. The average molecular weight is 467 g/mol. The van der Waals surface area contributed by atoms with Crippen molar-refractivity contribution in [1.29, 1.82) is 0 Å². The van der Waals surface area contributed by atoms with Crippen LogP contribution in [-0.4, -0.2) is 27.8 Å². The van der Waals surface area contributed by atoms with Gasteiger partial charge in [-0.2, -0.15) is 13.2 Å². The number of carbonyl (C=O) groups is 2. The second-order valence-corrected chi connectivity index (χ2v) is 7.51. The molecule has 2 amide bonds. The highest BCUT2D eigenvalue weighted by molar-refractivity contribution is 7.99. The van der Waals surface area contributed by atoms with Crippen LogP contribution >= 0.6 is 23.4 Å². The molecule has 0 saturated heterocycles. The van der Waals surface area contributed by atoms with Crippen LogP contribution in [0.4, 0.5) is 24.7 Å². The molecule has 3 aromatic rings. The summed E-state index contributed by atoms with van der Waals surface area (Å²) < 4.78 is 38.4. The molecule has 3 rings (SSSR count). The van der Waals surface area contributed by atoms with Gasteiger partial charge in [0.05, 0.1) is 22.0 Å². The fraction of sp³-hybridized carbons (Fsp3) is 0.100. The highest BCUT2D eigenvalue weighted by atomic mass is 35.5. The third-order valence-electron chi connectivity index (χ3n) is 3.84. The summed E-state index contributed by atoms with van der Waals surface area (Å²) in [5.41, 5.74) is -0.585. The Kier molecular flexibility index (Phi) is 7.13. The summed E-state index contributed by atoms with van der Waals surface area (Å²) in [6, 6.07) is 14.3. The van der Waals surface area contributed by atoms with Gasteiger partial charge in [0.25, 0.3) is 5.91 Å². The maximum atomic E-state index is 12.8. The fourth-order valence-electron chi connectivity index (χ4n) is 2.36. The molecule has 1 aromatic heterocycles. The van der Waals surface area contributed by atoms with Crippen LogP contribution in [0.1, 0.15) is 15.9 Å². The Balaban J connectivity index is 1.54. The molecule has 2 N–H and O–H groups in total. The van der Waals surface area contributed by atoms with Crippen molar-refractivity contribution in [1.82, 2.24) is 10.2 Å². The van der Waals surface area contributed by atoms with Gasteiger partial charge in [0.2, 0.25) is 5.91 Å². The highest BCUT2D eigenvalue weighted by Gasteiger charge is 2.31. The van der Waals surface area contributed by atoms with Crippen LogP contribution in [-0.2, 0) is 11.0 Å². The number of thioether (sulfide) groups is 1. The molecule has 2 aromatic carbocycles. The first kappa shape index (κ1) is 22.6. The van der Waals surface area contributed by atoms with Crippen LogP contribution in [0.15, 0.2) is 65.7 Å². The lowest BCUT2D eigenvalue weighted by Crippen LogP contribution is -2.16. The second-order valence-electron chi connectivity index (χ2n) is 6.11. The van der Waals surface area contributed by atoms with E-state index in [0.29, 0.717) is 10.6 Å². The minimum Gasteiger partial charge on any atom is -0.324 e. The minimum atomic E-state index is -4.55. The SMILES string of the molecule is O=C(CSc1ccc(NC(=O)c2ccccc2)nn1)Nc1cc(C(F)(F)F)ccc1Cl. The van der Waals surface area contributed by atoms with Gasteiger partial charge in [-0.1, -0.05) is 41.6 Å². The summed E-state index contributed by atoms with van der Waals surface area (Å²) in [6.45, 7) is 0. The molecule has 0 saturated carbocycles. The maximum absolute atomic E-state index is 12.8. The van der Waals surface area contributed by atoms with E-state index in [4.69, 9.17) is 11.6 Å². The molecule has 1 heterocycles. The molecule has 31 heavy (non-hydrogen) atoms. The van der Waals surface area contributed by atoms with E-state index in [9.17, 15) is 22.8 Å². The van der Waals surface area contributed by atoms with Gasteiger partial charge in [-0.15, -0.1) is 10.2 Å². The van der Waals surface area contributed by atoms with E-state index in [1.54, 1.807) is 36.4 Å². The second kappa shape index (κ2) is 9.80. The predicted molar refractivity (Wildman–Crippen MR) is 112 cm³/mol. The van der Waals surface area contributed by atoms with Crippen LogP contribution < -0.4 is 10.6 Å². The number of alkyl halides is 3. The molecular formula is C20H14ClF3N4O2S. The largest absolute Gasteiger partial charge is 0.416 e. The number of halogens is 4.